The highest BCUT2D eigenvalue weighted by Gasteiger charge is 2.51. The molecular formula is C29H29F2N5O3S2. The number of nitriles is 1. The highest BCUT2D eigenvalue weighted by Crippen LogP contribution is 2.50. The Balaban J connectivity index is 1.36. The fourth-order valence-electron chi connectivity index (χ4n) is 5.65. The summed E-state index contributed by atoms with van der Waals surface area (Å²) in [5, 5.41) is 12.9. The number of benzene rings is 1. The van der Waals surface area contributed by atoms with E-state index in [4.69, 9.17) is 4.98 Å². The van der Waals surface area contributed by atoms with Crippen molar-refractivity contribution in [2.45, 2.75) is 49.5 Å². The fourth-order valence-corrected chi connectivity index (χ4v) is 7.98. The van der Waals surface area contributed by atoms with Crippen LogP contribution in [0.25, 0.3) is 21.0 Å². The second kappa shape index (κ2) is 10.4. The zero-order chi connectivity index (χ0) is 28.8. The van der Waals surface area contributed by atoms with E-state index >= 15 is 0 Å². The third kappa shape index (κ3) is 5.83. The van der Waals surface area contributed by atoms with E-state index in [0.717, 1.165) is 21.7 Å². The molecule has 2 aliphatic carbocycles. The van der Waals surface area contributed by atoms with Crippen molar-refractivity contribution < 1.29 is 22.0 Å². The number of anilines is 1. The van der Waals surface area contributed by atoms with Crippen molar-refractivity contribution in [2.75, 3.05) is 29.5 Å². The summed E-state index contributed by atoms with van der Waals surface area (Å²) in [6.07, 6.45) is 3.55. The van der Waals surface area contributed by atoms with E-state index in [2.05, 4.69) is 16.4 Å². The van der Waals surface area contributed by atoms with E-state index < -0.39 is 45.5 Å². The predicted molar refractivity (Wildman–Crippen MR) is 152 cm³/mol. The monoisotopic (exact) mass is 597 g/mol. The number of thiazole rings is 1. The highest BCUT2D eigenvalue weighted by atomic mass is 32.2. The summed E-state index contributed by atoms with van der Waals surface area (Å²) >= 11 is 1.43. The van der Waals surface area contributed by atoms with Crippen LogP contribution in [-0.2, 0) is 14.6 Å². The van der Waals surface area contributed by atoms with Crippen LogP contribution in [0.3, 0.4) is 0 Å². The Hall–Kier alpha value is -3.43. The number of aromatic nitrogens is 2. The molecule has 3 fully saturated rings. The van der Waals surface area contributed by atoms with Crippen LogP contribution >= 0.6 is 11.3 Å². The summed E-state index contributed by atoms with van der Waals surface area (Å²) in [5.41, 5.74) is 2.18. The van der Waals surface area contributed by atoms with Crippen LogP contribution in [0.1, 0.15) is 43.7 Å². The van der Waals surface area contributed by atoms with Gasteiger partial charge in [-0.05, 0) is 49.1 Å². The Labute approximate surface area is 241 Å². The van der Waals surface area contributed by atoms with Crippen molar-refractivity contribution in [1.29, 1.82) is 5.26 Å². The fraction of sp³-hybridized carbons (Fsp3) is 0.448. The molecule has 1 saturated heterocycles. The maximum absolute atomic E-state index is 14.7. The lowest BCUT2D eigenvalue weighted by Crippen LogP contribution is -2.45. The number of alkyl halides is 2. The average Bonchev–Trinajstić information content (AvgIpc) is 3.60. The van der Waals surface area contributed by atoms with Gasteiger partial charge >= 0.3 is 0 Å². The van der Waals surface area contributed by atoms with Crippen molar-refractivity contribution >= 4 is 32.8 Å². The molecule has 41 heavy (non-hydrogen) atoms. The molecule has 0 bridgehead atoms. The summed E-state index contributed by atoms with van der Waals surface area (Å²) < 4.78 is 53.1. The molecule has 1 aliphatic heterocycles. The van der Waals surface area contributed by atoms with Gasteiger partial charge in [-0.3, -0.25) is 9.78 Å². The predicted octanol–water partition coefficient (Wildman–Crippen LogP) is 4.80. The molecule has 2 saturated carbocycles. The minimum Gasteiger partial charge on any atom is -0.369 e. The second-order valence-corrected chi connectivity index (χ2v) is 14.5. The normalized spacial score (nSPS) is 24.3. The lowest BCUT2D eigenvalue weighted by molar-refractivity contribution is -0.134. The first-order valence-corrected chi connectivity index (χ1v) is 16.3. The third-order valence-electron chi connectivity index (χ3n) is 8.24. The SMILES string of the molecule is N#CC1(NC(=O)[C@@H]2CC(F)(F)CC[C@H]2c2nc(-c3cccnc3)sc2-c2ccc(N3CCS(=O)(=O)CC3)cc2)CC1. The first-order valence-electron chi connectivity index (χ1n) is 13.7. The molecule has 12 heteroatoms. The number of amides is 1. The van der Waals surface area contributed by atoms with Gasteiger partial charge in [0.15, 0.2) is 9.84 Å². The van der Waals surface area contributed by atoms with Crippen molar-refractivity contribution in [3.63, 3.8) is 0 Å². The number of carbonyl (C=O) groups is 1. The molecule has 3 aromatic rings. The van der Waals surface area contributed by atoms with E-state index in [1.807, 2.05) is 35.2 Å². The first-order chi connectivity index (χ1) is 19.6. The van der Waals surface area contributed by atoms with E-state index in [-0.39, 0.29) is 24.3 Å². The summed E-state index contributed by atoms with van der Waals surface area (Å²) in [4.78, 5) is 25.4. The molecule has 1 amide bonds. The minimum atomic E-state index is -3.00. The molecule has 0 radical (unpaired) electrons. The lowest BCUT2D eigenvalue weighted by Gasteiger charge is -2.35. The number of pyridine rings is 1. The Kier molecular flexibility index (Phi) is 7.06. The van der Waals surface area contributed by atoms with Gasteiger partial charge in [0.1, 0.15) is 10.5 Å². The number of nitrogens with zero attached hydrogens (tertiary/aromatic N) is 4. The van der Waals surface area contributed by atoms with E-state index in [1.54, 1.807) is 18.5 Å². The summed E-state index contributed by atoms with van der Waals surface area (Å²) in [6, 6.07) is 13.5. The van der Waals surface area contributed by atoms with Gasteiger partial charge in [0, 0.05) is 55.5 Å². The lowest BCUT2D eigenvalue weighted by atomic mass is 9.74. The second-order valence-electron chi connectivity index (χ2n) is 11.2. The number of carbonyl (C=O) groups excluding carboxylic acids is 1. The standard InChI is InChI=1S/C29H29F2N5O3S2/c30-29(31)8-7-22(23(16-29)26(37)35-28(18-32)9-10-28)24-25(40-27(34-24)20-2-1-11-33-17-20)19-3-5-21(6-4-19)36-12-14-41(38,39)15-13-36/h1-6,11,17,22-23H,7-10,12-16H2,(H,35,37)/t22-,23-/m1/s1. The van der Waals surface area contributed by atoms with Gasteiger partial charge in [0.05, 0.1) is 34.1 Å². The topological polar surface area (TPSA) is 116 Å². The van der Waals surface area contributed by atoms with Crippen LogP contribution in [0.15, 0.2) is 48.8 Å². The van der Waals surface area contributed by atoms with Crippen LogP contribution < -0.4 is 10.2 Å². The molecule has 0 unspecified atom stereocenters. The van der Waals surface area contributed by atoms with Gasteiger partial charge in [-0.1, -0.05) is 12.1 Å². The summed E-state index contributed by atoms with van der Waals surface area (Å²) in [6.45, 7) is 0.853. The molecule has 0 spiro atoms. The van der Waals surface area contributed by atoms with Crippen LogP contribution in [0, 0.1) is 17.2 Å². The molecule has 8 nitrogen and oxygen atoms in total. The van der Waals surface area contributed by atoms with Crippen LogP contribution in [-0.4, -0.2) is 60.3 Å². The molecule has 1 aromatic carbocycles. The number of sulfone groups is 1. The van der Waals surface area contributed by atoms with E-state index in [0.29, 0.717) is 36.6 Å². The summed E-state index contributed by atoms with van der Waals surface area (Å²) in [7, 11) is -3.00. The third-order valence-corrected chi connectivity index (χ3v) is 11.0. The molecule has 1 N–H and O–H groups in total. The zero-order valence-electron chi connectivity index (χ0n) is 22.2. The van der Waals surface area contributed by atoms with Gasteiger partial charge in [0.2, 0.25) is 11.8 Å². The van der Waals surface area contributed by atoms with Crippen molar-refractivity contribution in [2.24, 2.45) is 5.92 Å². The molecule has 3 heterocycles. The number of hydrogen-bond acceptors (Lipinski definition) is 8. The van der Waals surface area contributed by atoms with Gasteiger partial charge in [-0.25, -0.2) is 22.2 Å². The smallest absolute Gasteiger partial charge is 0.249 e. The van der Waals surface area contributed by atoms with Crippen molar-refractivity contribution in [1.82, 2.24) is 15.3 Å². The van der Waals surface area contributed by atoms with Gasteiger partial charge in [0.25, 0.3) is 0 Å². The molecule has 3 aliphatic rings. The molecular weight excluding hydrogens is 568 g/mol. The zero-order valence-corrected chi connectivity index (χ0v) is 23.9. The summed E-state index contributed by atoms with van der Waals surface area (Å²) in [5.74, 6) is -4.84. The van der Waals surface area contributed by atoms with Crippen molar-refractivity contribution in [3.05, 3.63) is 54.5 Å². The molecule has 6 rings (SSSR count). The number of rotatable bonds is 6. The number of nitrogens with one attached hydrogen (secondary N) is 1. The Morgan fingerprint density at radius 1 is 1.10 bits per heavy atom. The van der Waals surface area contributed by atoms with Crippen molar-refractivity contribution in [3.8, 4) is 27.1 Å². The Morgan fingerprint density at radius 2 is 1.83 bits per heavy atom. The van der Waals surface area contributed by atoms with Crippen LogP contribution in [0.5, 0.6) is 0 Å². The Bertz CT molecular complexity index is 1590. The molecule has 2 aromatic heterocycles. The van der Waals surface area contributed by atoms with Gasteiger partial charge in [-0.15, -0.1) is 11.3 Å². The van der Waals surface area contributed by atoms with E-state index in [1.165, 1.54) is 11.3 Å². The largest absolute Gasteiger partial charge is 0.369 e. The minimum absolute atomic E-state index is 0.0915. The average molecular weight is 598 g/mol. The van der Waals surface area contributed by atoms with Crippen LogP contribution in [0.2, 0.25) is 0 Å². The first kappa shape index (κ1) is 27.7. The molecule has 214 valence electrons. The quantitative estimate of drug-likeness (QED) is 0.434. The number of halogens is 2. The van der Waals surface area contributed by atoms with Crippen LogP contribution in [0.4, 0.5) is 14.5 Å². The van der Waals surface area contributed by atoms with Gasteiger partial charge in [-0.2, -0.15) is 5.26 Å². The van der Waals surface area contributed by atoms with Gasteiger partial charge < -0.3 is 10.2 Å². The maximum Gasteiger partial charge on any atom is 0.249 e. The molecule has 2 atom stereocenters. The Morgan fingerprint density at radius 3 is 2.46 bits per heavy atom. The maximum atomic E-state index is 14.7. The highest BCUT2D eigenvalue weighted by molar-refractivity contribution is 7.91. The number of hydrogen-bond donors (Lipinski definition) is 1. The van der Waals surface area contributed by atoms with E-state index in [9.17, 15) is 27.3 Å².